The minimum absolute atomic E-state index is 0.0946. The lowest BCUT2D eigenvalue weighted by molar-refractivity contribution is -0.105. The van der Waals surface area contributed by atoms with Crippen molar-refractivity contribution in [2.24, 2.45) is 5.92 Å². The maximum absolute atomic E-state index is 6.25. The second-order valence-corrected chi connectivity index (χ2v) is 5.24. The molecule has 0 aromatic rings. The lowest BCUT2D eigenvalue weighted by Gasteiger charge is -2.35. The molecule has 1 N–H and O–H groups in total. The van der Waals surface area contributed by atoms with Crippen LogP contribution in [0.3, 0.4) is 0 Å². The van der Waals surface area contributed by atoms with Crippen LogP contribution in [0.1, 0.15) is 40.0 Å². The van der Waals surface area contributed by atoms with Crippen LogP contribution < -0.4 is 5.32 Å². The quantitative estimate of drug-likeness (QED) is 0.619. The molecule has 2 fully saturated rings. The van der Waals surface area contributed by atoms with Crippen molar-refractivity contribution in [2.45, 2.75) is 51.2 Å². The van der Waals surface area contributed by atoms with E-state index in [1.807, 2.05) is 0 Å². The van der Waals surface area contributed by atoms with Crippen LogP contribution in [-0.2, 0) is 4.74 Å². The number of piperidine rings is 1. The van der Waals surface area contributed by atoms with Gasteiger partial charge in [-0.1, -0.05) is 6.92 Å². The van der Waals surface area contributed by atoms with E-state index >= 15 is 0 Å². The molecule has 13 heavy (non-hydrogen) atoms. The molecule has 2 aliphatic rings. The third kappa shape index (κ3) is 1.62. The van der Waals surface area contributed by atoms with E-state index in [0.717, 1.165) is 13.1 Å². The average molecular weight is 183 g/mol. The molecule has 0 saturated carbocycles. The molecule has 0 amide bonds. The summed E-state index contributed by atoms with van der Waals surface area (Å²) in [6, 6.07) is 0. The summed E-state index contributed by atoms with van der Waals surface area (Å²) in [5.41, 5.74) is 0.311. The zero-order valence-electron chi connectivity index (χ0n) is 9.02. The SMILES string of the molecule is CC1CC2(CCNCC2)OC1(C)C. The fourth-order valence-electron chi connectivity index (χ4n) is 2.69. The number of rotatable bonds is 0. The summed E-state index contributed by atoms with van der Waals surface area (Å²) in [5, 5.41) is 3.40. The van der Waals surface area contributed by atoms with E-state index in [0.29, 0.717) is 5.92 Å². The Morgan fingerprint density at radius 1 is 1.23 bits per heavy atom. The normalized spacial score (nSPS) is 36.7. The Kier molecular flexibility index (Phi) is 2.16. The van der Waals surface area contributed by atoms with Crippen molar-refractivity contribution in [1.29, 1.82) is 0 Å². The highest BCUT2D eigenvalue weighted by Gasteiger charge is 2.48. The molecule has 2 rings (SSSR count). The fraction of sp³-hybridized carbons (Fsp3) is 1.00. The summed E-state index contributed by atoms with van der Waals surface area (Å²) in [7, 11) is 0. The second-order valence-electron chi connectivity index (χ2n) is 5.24. The highest BCUT2D eigenvalue weighted by atomic mass is 16.5. The first-order valence-electron chi connectivity index (χ1n) is 5.45. The predicted octanol–water partition coefficient (Wildman–Crippen LogP) is 1.94. The van der Waals surface area contributed by atoms with Crippen molar-refractivity contribution in [3.63, 3.8) is 0 Å². The molecule has 0 aromatic carbocycles. The van der Waals surface area contributed by atoms with Gasteiger partial charge in [-0.2, -0.15) is 0 Å². The first-order valence-corrected chi connectivity index (χ1v) is 5.45. The molecule has 1 spiro atoms. The van der Waals surface area contributed by atoms with Gasteiger partial charge in [0.05, 0.1) is 11.2 Å². The molecule has 2 heteroatoms. The van der Waals surface area contributed by atoms with Gasteiger partial charge in [-0.15, -0.1) is 0 Å². The Labute approximate surface area is 81.0 Å². The number of ether oxygens (including phenoxy) is 1. The second kappa shape index (κ2) is 2.96. The molecule has 2 nitrogen and oxygen atoms in total. The average Bonchev–Trinajstić information content (AvgIpc) is 2.23. The summed E-state index contributed by atoms with van der Waals surface area (Å²) in [6.07, 6.45) is 3.64. The van der Waals surface area contributed by atoms with Gasteiger partial charge in [0.25, 0.3) is 0 Å². The third-order valence-corrected chi connectivity index (χ3v) is 3.86. The van der Waals surface area contributed by atoms with Crippen LogP contribution >= 0.6 is 0 Å². The fourth-order valence-corrected chi connectivity index (χ4v) is 2.69. The maximum atomic E-state index is 6.25. The molecule has 0 radical (unpaired) electrons. The highest BCUT2D eigenvalue weighted by molar-refractivity contribution is 4.99. The van der Waals surface area contributed by atoms with E-state index < -0.39 is 0 Å². The highest BCUT2D eigenvalue weighted by Crippen LogP contribution is 2.46. The molecular formula is C11H21NO. The Morgan fingerprint density at radius 3 is 2.31 bits per heavy atom. The summed E-state index contributed by atoms with van der Waals surface area (Å²) in [5.74, 6) is 0.700. The van der Waals surface area contributed by atoms with Crippen LogP contribution in [0.25, 0.3) is 0 Å². The number of hydrogen-bond donors (Lipinski definition) is 1. The van der Waals surface area contributed by atoms with Gasteiger partial charge < -0.3 is 10.1 Å². The predicted molar refractivity (Wildman–Crippen MR) is 53.8 cm³/mol. The largest absolute Gasteiger partial charge is 0.369 e. The molecule has 76 valence electrons. The number of nitrogens with one attached hydrogen (secondary N) is 1. The van der Waals surface area contributed by atoms with Gasteiger partial charge in [0.2, 0.25) is 0 Å². The lowest BCUT2D eigenvalue weighted by Crippen LogP contribution is -2.43. The van der Waals surface area contributed by atoms with Crippen molar-refractivity contribution in [3.8, 4) is 0 Å². The van der Waals surface area contributed by atoms with Crippen molar-refractivity contribution in [2.75, 3.05) is 13.1 Å². The number of hydrogen-bond acceptors (Lipinski definition) is 2. The molecule has 2 saturated heterocycles. The van der Waals surface area contributed by atoms with E-state index in [2.05, 4.69) is 26.1 Å². The lowest BCUT2D eigenvalue weighted by atomic mass is 9.83. The first kappa shape index (κ1) is 9.47. The van der Waals surface area contributed by atoms with Gasteiger partial charge in [0.15, 0.2) is 0 Å². The Morgan fingerprint density at radius 2 is 1.85 bits per heavy atom. The monoisotopic (exact) mass is 183 g/mol. The van der Waals surface area contributed by atoms with E-state index in [-0.39, 0.29) is 11.2 Å². The van der Waals surface area contributed by atoms with Crippen molar-refractivity contribution in [1.82, 2.24) is 5.32 Å². The molecular weight excluding hydrogens is 162 g/mol. The molecule has 1 unspecified atom stereocenters. The van der Waals surface area contributed by atoms with E-state index in [9.17, 15) is 0 Å². The first-order chi connectivity index (χ1) is 6.04. The van der Waals surface area contributed by atoms with Gasteiger partial charge in [0, 0.05) is 0 Å². The summed E-state index contributed by atoms with van der Waals surface area (Å²) < 4.78 is 6.25. The summed E-state index contributed by atoms with van der Waals surface area (Å²) in [4.78, 5) is 0. The van der Waals surface area contributed by atoms with E-state index in [1.54, 1.807) is 0 Å². The van der Waals surface area contributed by atoms with E-state index in [4.69, 9.17) is 4.74 Å². The summed E-state index contributed by atoms with van der Waals surface area (Å²) in [6.45, 7) is 9.03. The van der Waals surface area contributed by atoms with Gasteiger partial charge in [-0.05, 0) is 52.1 Å². The maximum Gasteiger partial charge on any atom is 0.0717 e. The van der Waals surface area contributed by atoms with Crippen LogP contribution in [0, 0.1) is 5.92 Å². The molecule has 0 aliphatic carbocycles. The van der Waals surface area contributed by atoms with Gasteiger partial charge in [-0.25, -0.2) is 0 Å². The zero-order chi connectivity index (χ0) is 9.53. The molecule has 0 aromatic heterocycles. The van der Waals surface area contributed by atoms with Crippen molar-refractivity contribution < 1.29 is 4.74 Å². The standard InChI is InChI=1S/C11H21NO/c1-9-8-11(13-10(9,2)3)4-6-12-7-5-11/h9,12H,4-8H2,1-3H3. The van der Waals surface area contributed by atoms with E-state index in [1.165, 1.54) is 19.3 Å². The van der Waals surface area contributed by atoms with Crippen molar-refractivity contribution in [3.05, 3.63) is 0 Å². The van der Waals surface area contributed by atoms with Crippen LogP contribution in [0.4, 0.5) is 0 Å². The topological polar surface area (TPSA) is 21.3 Å². The Hall–Kier alpha value is -0.0800. The molecule has 2 aliphatic heterocycles. The minimum atomic E-state index is 0.0946. The Bertz CT molecular complexity index is 194. The minimum Gasteiger partial charge on any atom is -0.369 e. The van der Waals surface area contributed by atoms with Gasteiger partial charge in [-0.3, -0.25) is 0 Å². The van der Waals surface area contributed by atoms with Crippen LogP contribution in [0.5, 0.6) is 0 Å². The smallest absolute Gasteiger partial charge is 0.0717 e. The van der Waals surface area contributed by atoms with Crippen molar-refractivity contribution >= 4 is 0 Å². The van der Waals surface area contributed by atoms with Crippen LogP contribution in [-0.4, -0.2) is 24.3 Å². The molecule has 2 heterocycles. The third-order valence-electron chi connectivity index (χ3n) is 3.86. The molecule has 0 bridgehead atoms. The van der Waals surface area contributed by atoms with Gasteiger partial charge >= 0.3 is 0 Å². The molecule has 1 atom stereocenters. The van der Waals surface area contributed by atoms with Gasteiger partial charge in [0.1, 0.15) is 0 Å². The van der Waals surface area contributed by atoms with Crippen LogP contribution in [0.15, 0.2) is 0 Å². The summed E-state index contributed by atoms with van der Waals surface area (Å²) >= 11 is 0. The van der Waals surface area contributed by atoms with Crippen LogP contribution in [0.2, 0.25) is 0 Å². The Balaban J connectivity index is 2.10. The zero-order valence-corrected chi connectivity index (χ0v) is 9.02.